The highest BCUT2D eigenvalue weighted by molar-refractivity contribution is 6.33. The van der Waals surface area contributed by atoms with Gasteiger partial charge in [-0.25, -0.2) is 4.39 Å². The van der Waals surface area contributed by atoms with Gasteiger partial charge in [-0.05, 0) is 73.2 Å². The van der Waals surface area contributed by atoms with E-state index in [0.717, 1.165) is 43.6 Å². The molecule has 2 aromatic carbocycles. The fourth-order valence-electron chi connectivity index (χ4n) is 3.55. The van der Waals surface area contributed by atoms with Crippen LogP contribution in [0, 0.1) is 11.7 Å². The lowest BCUT2D eigenvalue weighted by molar-refractivity contribution is 0.0948. The molecule has 1 heterocycles. The number of carbonyl (C=O) groups excluding carboxylic acids is 1. The van der Waals surface area contributed by atoms with Gasteiger partial charge < -0.3 is 16.0 Å². The van der Waals surface area contributed by atoms with Crippen LogP contribution in [0.3, 0.4) is 0 Å². The zero-order valence-electron chi connectivity index (χ0n) is 17.1. The number of hydrogen-bond donors (Lipinski definition) is 3. The Kier molecular flexibility index (Phi) is 7.51. The number of anilines is 1. The molecule has 0 bridgehead atoms. The topological polar surface area (TPSA) is 53.2 Å². The summed E-state index contributed by atoms with van der Waals surface area (Å²) in [7, 11) is 0. The molecule has 0 saturated heterocycles. The summed E-state index contributed by atoms with van der Waals surface area (Å²) in [6, 6.07) is 8.75. The van der Waals surface area contributed by atoms with Crippen molar-refractivity contribution >= 4 is 23.2 Å². The Balaban J connectivity index is 1.68. The molecule has 1 amide bonds. The lowest BCUT2D eigenvalue weighted by atomic mass is 10.0. The van der Waals surface area contributed by atoms with E-state index >= 15 is 0 Å². The molecule has 3 N–H and O–H groups in total. The van der Waals surface area contributed by atoms with Gasteiger partial charge in [-0.1, -0.05) is 37.6 Å². The Morgan fingerprint density at radius 2 is 2.00 bits per heavy atom. The predicted molar refractivity (Wildman–Crippen MR) is 117 cm³/mol. The van der Waals surface area contributed by atoms with Gasteiger partial charge in [0.2, 0.25) is 0 Å². The maximum atomic E-state index is 14.5. The van der Waals surface area contributed by atoms with E-state index in [9.17, 15) is 9.18 Å². The zero-order valence-corrected chi connectivity index (χ0v) is 17.8. The second kappa shape index (κ2) is 10.1. The summed E-state index contributed by atoms with van der Waals surface area (Å²) in [4.78, 5) is 12.2. The van der Waals surface area contributed by atoms with Crippen molar-refractivity contribution in [3.8, 4) is 0 Å². The second-order valence-electron chi connectivity index (χ2n) is 7.92. The Morgan fingerprint density at radius 3 is 2.76 bits per heavy atom. The van der Waals surface area contributed by atoms with Crippen LogP contribution in [0.5, 0.6) is 0 Å². The van der Waals surface area contributed by atoms with Crippen LogP contribution in [-0.2, 0) is 19.4 Å². The number of hydrogen-bond acceptors (Lipinski definition) is 3. The van der Waals surface area contributed by atoms with Gasteiger partial charge in [-0.15, -0.1) is 0 Å². The molecule has 0 aromatic heterocycles. The number of carbonyl (C=O) groups is 1. The maximum Gasteiger partial charge on any atom is 0.254 e. The monoisotopic (exact) mass is 417 g/mol. The highest BCUT2D eigenvalue weighted by atomic mass is 35.5. The van der Waals surface area contributed by atoms with Crippen LogP contribution in [0.4, 0.5) is 10.1 Å². The minimum absolute atomic E-state index is 0.0789. The second-order valence-corrected chi connectivity index (χ2v) is 8.32. The van der Waals surface area contributed by atoms with E-state index in [0.29, 0.717) is 24.0 Å². The highest BCUT2D eigenvalue weighted by Crippen LogP contribution is 2.31. The number of amides is 1. The van der Waals surface area contributed by atoms with Crippen LogP contribution in [0.15, 0.2) is 30.3 Å². The number of halogens is 2. The van der Waals surface area contributed by atoms with Crippen molar-refractivity contribution < 1.29 is 9.18 Å². The molecular formula is C23H29ClFN3O. The van der Waals surface area contributed by atoms with Gasteiger partial charge in [0.05, 0.1) is 16.3 Å². The van der Waals surface area contributed by atoms with E-state index in [4.69, 9.17) is 11.6 Å². The molecule has 3 rings (SSSR count). The summed E-state index contributed by atoms with van der Waals surface area (Å²) < 4.78 is 14.5. The predicted octanol–water partition coefficient (Wildman–Crippen LogP) is 4.56. The van der Waals surface area contributed by atoms with Crippen LogP contribution in [-0.4, -0.2) is 25.5 Å². The van der Waals surface area contributed by atoms with E-state index in [-0.39, 0.29) is 11.5 Å². The first-order valence-corrected chi connectivity index (χ1v) is 10.6. The minimum Gasteiger partial charge on any atom is -0.380 e. The van der Waals surface area contributed by atoms with E-state index in [2.05, 4.69) is 35.9 Å². The average Bonchev–Trinajstić information content (AvgIpc) is 2.92. The first kappa shape index (κ1) is 21.6. The highest BCUT2D eigenvalue weighted by Gasteiger charge is 2.16. The molecule has 2 aromatic rings. The molecule has 0 fully saturated rings. The van der Waals surface area contributed by atoms with Crippen molar-refractivity contribution in [2.75, 3.05) is 25.0 Å². The van der Waals surface area contributed by atoms with Gasteiger partial charge in [0.25, 0.3) is 5.91 Å². The van der Waals surface area contributed by atoms with Crippen LogP contribution in [0.25, 0.3) is 0 Å². The largest absolute Gasteiger partial charge is 0.380 e. The van der Waals surface area contributed by atoms with Crippen LogP contribution in [0.2, 0.25) is 5.02 Å². The average molecular weight is 418 g/mol. The number of fused-ring (bicyclic) bond motifs is 1. The van der Waals surface area contributed by atoms with Crippen LogP contribution >= 0.6 is 11.6 Å². The number of benzene rings is 2. The fraction of sp³-hybridized carbons (Fsp3) is 0.435. The molecule has 6 heteroatoms. The van der Waals surface area contributed by atoms with E-state index in [1.54, 1.807) is 12.1 Å². The van der Waals surface area contributed by atoms with Crippen molar-refractivity contribution in [1.82, 2.24) is 10.6 Å². The van der Waals surface area contributed by atoms with Crippen molar-refractivity contribution in [2.45, 2.75) is 39.7 Å². The summed E-state index contributed by atoms with van der Waals surface area (Å²) in [6.07, 6.45) is 2.74. The summed E-state index contributed by atoms with van der Waals surface area (Å²) in [5.74, 6) is -0.385. The summed E-state index contributed by atoms with van der Waals surface area (Å²) in [5, 5.41) is 10.2. The maximum absolute atomic E-state index is 14.5. The van der Waals surface area contributed by atoms with E-state index in [1.165, 1.54) is 17.2 Å². The van der Waals surface area contributed by atoms with Gasteiger partial charge in [-0.2, -0.15) is 0 Å². The Hall–Kier alpha value is -2.11. The molecule has 0 saturated carbocycles. The summed E-state index contributed by atoms with van der Waals surface area (Å²) in [6.45, 7) is 7.03. The Labute approximate surface area is 177 Å². The molecule has 1 aliphatic rings. The van der Waals surface area contributed by atoms with Crippen LogP contribution < -0.4 is 16.0 Å². The van der Waals surface area contributed by atoms with E-state index < -0.39 is 5.82 Å². The first-order valence-electron chi connectivity index (χ1n) is 10.3. The van der Waals surface area contributed by atoms with Gasteiger partial charge in [0.15, 0.2) is 0 Å². The molecular weight excluding hydrogens is 389 g/mol. The lowest BCUT2D eigenvalue weighted by Gasteiger charge is -2.16. The fourth-order valence-corrected chi connectivity index (χ4v) is 3.79. The number of rotatable bonds is 7. The quantitative estimate of drug-likeness (QED) is 0.619. The molecule has 0 aliphatic carbocycles. The van der Waals surface area contributed by atoms with Gasteiger partial charge in [0.1, 0.15) is 5.82 Å². The lowest BCUT2D eigenvalue weighted by Crippen LogP contribution is -2.26. The summed E-state index contributed by atoms with van der Waals surface area (Å²) in [5.41, 5.74) is 4.28. The third-order valence-corrected chi connectivity index (χ3v) is 5.55. The third-order valence-electron chi connectivity index (χ3n) is 5.24. The van der Waals surface area contributed by atoms with Gasteiger partial charge in [-0.3, -0.25) is 4.79 Å². The molecule has 0 radical (unpaired) electrons. The molecule has 4 nitrogen and oxygen atoms in total. The van der Waals surface area contributed by atoms with E-state index in [1.807, 2.05) is 6.07 Å². The summed E-state index contributed by atoms with van der Waals surface area (Å²) >= 11 is 6.44. The van der Waals surface area contributed by atoms with Gasteiger partial charge >= 0.3 is 0 Å². The standard InChI is InChI=1S/C23H29ClFN3O/c1-15(2)7-12-27-23(29)19-5-3-16(13-21(19)25)14-28-22-18-9-11-26-10-8-17(18)4-6-20(22)24/h3-6,13,15,26,28H,7-12,14H2,1-2H3,(H,27,29). The Bertz CT molecular complexity index is 869. The molecule has 156 valence electrons. The van der Waals surface area contributed by atoms with Crippen molar-refractivity contribution in [3.63, 3.8) is 0 Å². The normalized spacial score (nSPS) is 13.7. The van der Waals surface area contributed by atoms with Gasteiger partial charge in [0, 0.05) is 13.1 Å². The van der Waals surface area contributed by atoms with Crippen molar-refractivity contribution in [1.29, 1.82) is 0 Å². The molecule has 0 spiro atoms. The molecule has 29 heavy (non-hydrogen) atoms. The Morgan fingerprint density at radius 1 is 1.21 bits per heavy atom. The molecule has 0 unspecified atom stereocenters. The molecule has 0 atom stereocenters. The third kappa shape index (κ3) is 5.71. The molecule has 1 aliphatic heterocycles. The van der Waals surface area contributed by atoms with Crippen molar-refractivity contribution in [2.24, 2.45) is 5.92 Å². The minimum atomic E-state index is -0.506. The van der Waals surface area contributed by atoms with Crippen molar-refractivity contribution in [3.05, 3.63) is 63.4 Å². The SMILES string of the molecule is CC(C)CCNC(=O)c1ccc(CNc2c(Cl)ccc3c2CCNCC3)cc1F. The zero-order chi connectivity index (χ0) is 20.8. The number of nitrogens with one attached hydrogen (secondary N) is 3. The first-order chi connectivity index (χ1) is 14.0. The smallest absolute Gasteiger partial charge is 0.254 e. The van der Waals surface area contributed by atoms with Crippen LogP contribution in [0.1, 0.15) is 47.3 Å².